The van der Waals surface area contributed by atoms with Gasteiger partial charge in [0.25, 0.3) is 5.91 Å². The normalized spacial score (nSPS) is 21.0. The number of carbonyl (C=O) groups is 2. The predicted octanol–water partition coefficient (Wildman–Crippen LogP) is 2.46. The lowest BCUT2D eigenvalue weighted by molar-refractivity contribution is -0.134. The molecule has 1 aromatic carbocycles. The van der Waals surface area contributed by atoms with Crippen LogP contribution in [0, 0.1) is 5.92 Å². The maximum absolute atomic E-state index is 12.9. The maximum Gasteiger partial charge on any atom is 0.251 e. The smallest absolute Gasteiger partial charge is 0.251 e. The summed E-state index contributed by atoms with van der Waals surface area (Å²) >= 11 is 5.85. The summed E-state index contributed by atoms with van der Waals surface area (Å²) < 4.78 is 11.6. The largest absolute Gasteiger partial charge is 0.340 e. The molecule has 1 aliphatic heterocycles. The molecule has 1 fully saturated rings. The average molecular weight is 385 g/mol. The van der Waals surface area contributed by atoms with Crippen molar-refractivity contribution in [1.82, 2.24) is 10.2 Å². The first-order valence-corrected chi connectivity index (χ1v) is 10.0. The molecule has 0 saturated carbocycles. The highest BCUT2D eigenvalue weighted by molar-refractivity contribution is 7.86. The third-order valence-corrected chi connectivity index (χ3v) is 6.54. The molecule has 0 radical (unpaired) electrons. The van der Waals surface area contributed by atoms with Crippen molar-refractivity contribution in [3.05, 3.63) is 34.9 Å². The first-order chi connectivity index (χ1) is 11.6. The van der Waals surface area contributed by atoms with Gasteiger partial charge in [-0.25, -0.2) is 0 Å². The second kappa shape index (κ2) is 7.87. The molecular formula is C18H25ClN2O3S. The third-order valence-electron chi connectivity index (χ3n) is 4.37. The van der Waals surface area contributed by atoms with Crippen molar-refractivity contribution < 1.29 is 13.8 Å². The standard InChI is InChI=1S/C18H25ClN2O3S/c1-12(2)15(20-16(22)13-5-7-14(19)8-6-13)17(23)21-9-10-25(24)18(3,4)11-21/h5-8,12,15H,9-11H2,1-4H3,(H,20,22)/t15-,25+/m1/s1. The van der Waals surface area contributed by atoms with Crippen LogP contribution in [-0.2, 0) is 15.6 Å². The molecule has 0 aromatic heterocycles. The SMILES string of the molecule is CC(C)[C@@H](NC(=O)c1ccc(Cl)cc1)C(=O)N1CC[S@](=O)C(C)(C)C1. The van der Waals surface area contributed by atoms with Crippen molar-refractivity contribution >= 4 is 34.2 Å². The first kappa shape index (κ1) is 19.9. The maximum atomic E-state index is 12.9. The van der Waals surface area contributed by atoms with Crippen LogP contribution >= 0.6 is 11.6 Å². The van der Waals surface area contributed by atoms with Gasteiger partial charge in [-0.3, -0.25) is 13.8 Å². The van der Waals surface area contributed by atoms with Crippen LogP contribution in [0.15, 0.2) is 24.3 Å². The van der Waals surface area contributed by atoms with Gasteiger partial charge in [0.15, 0.2) is 0 Å². The molecule has 0 spiro atoms. The molecule has 0 unspecified atom stereocenters. The molecule has 0 bridgehead atoms. The summed E-state index contributed by atoms with van der Waals surface area (Å²) in [5, 5.41) is 3.39. The van der Waals surface area contributed by atoms with E-state index in [0.29, 0.717) is 29.4 Å². The van der Waals surface area contributed by atoms with Gasteiger partial charge in [-0.15, -0.1) is 0 Å². The van der Waals surface area contributed by atoms with Gasteiger partial charge in [0, 0.05) is 40.2 Å². The summed E-state index contributed by atoms with van der Waals surface area (Å²) in [6.07, 6.45) is 0. The van der Waals surface area contributed by atoms with Crippen molar-refractivity contribution in [2.24, 2.45) is 5.92 Å². The highest BCUT2D eigenvalue weighted by Crippen LogP contribution is 2.22. The van der Waals surface area contributed by atoms with Crippen molar-refractivity contribution in [3.63, 3.8) is 0 Å². The highest BCUT2D eigenvalue weighted by Gasteiger charge is 2.38. The van der Waals surface area contributed by atoms with Crippen molar-refractivity contribution in [2.45, 2.75) is 38.5 Å². The molecule has 138 valence electrons. The lowest BCUT2D eigenvalue weighted by Gasteiger charge is -2.39. The van der Waals surface area contributed by atoms with Crippen LogP contribution in [-0.4, -0.2) is 50.6 Å². The second-order valence-electron chi connectivity index (χ2n) is 7.27. The third kappa shape index (κ3) is 4.82. The molecule has 1 aliphatic rings. The molecule has 2 rings (SSSR count). The Morgan fingerprint density at radius 1 is 1.24 bits per heavy atom. The molecule has 25 heavy (non-hydrogen) atoms. The summed E-state index contributed by atoms with van der Waals surface area (Å²) in [4.78, 5) is 27.1. The Balaban J connectivity index is 2.12. The monoisotopic (exact) mass is 384 g/mol. The fourth-order valence-corrected chi connectivity index (χ4v) is 4.17. The molecule has 1 heterocycles. The predicted molar refractivity (Wildman–Crippen MR) is 101 cm³/mol. The van der Waals surface area contributed by atoms with Gasteiger partial charge in [-0.1, -0.05) is 25.4 Å². The Labute approximate surface area is 156 Å². The minimum atomic E-state index is -0.948. The van der Waals surface area contributed by atoms with E-state index in [2.05, 4.69) is 5.32 Å². The van der Waals surface area contributed by atoms with Gasteiger partial charge >= 0.3 is 0 Å². The zero-order valence-corrected chi connectivity index (χ0v) is 16.6. The molecule has 2 atom stereocenters. The number of amides is 2. The summed E-state index contributed by atoms with van der Waals surface area (Å²) in [6.45, 7) is 8.49. The fourth-order valence-electron chi connectivity index (χ4n) is 2.80. The van der Waals surface area contributed by atoms with Crippen LogP contribution in [0.25, 0.3) is 0 Å². The van der Waals surface area contributed by atoms with Gasteiger partial charge in [-0.05, 0) is 44.0 Å². The molecule has 7 heteroatoms. The molecule has 1 N–H and O–H groups in total. The molecule has 5 nitrogen and oxygen atoms in total. The van der Waals surface area contributed by atoms with E-state index in [1.807, 2.05) is 27.7 Å². The summed E-state index contributed by atoms with van der Waals surface area (Å²) in [6, 6.07) is 5.93. The van der Waals surface area contributed by atoms with Gasteiger partial charge in [0.1, 0.15) is 6.04 Å². The summed E-state index contributed by atoms with van der Waals surface area (Å²) in [5.74, 6) is -0.0146. The number of nitrogens with zero attached hydrogens (tertiary/aromatic N) is 1. The van der Waals surface area contributed by atoms with Crippen molar-refractivity contribution in [1.29, 1.82) is 0 Å². The van der Waals surface area contributed by atoms with Gasteiger partial charge in [0.2, 0.25) is 5.91 Å². The first-order valence-electron chi connectivity index (χ1n) is 8.35. The summed E-state index contributed by atoms with van der Waals surface area (Å²) in [5.41, 5.74) is 0.461. The quantitative estimate of drug-likeness (QED) is 0.867. The Hall–Kier alpha value is -1.40. The van der Waals surface area contributed by atoms with E-state index in [-0.39, 0.29) is 17.7 Å². The number of hydrogen-bond acceptors (Lipinski definition) is 3. The Morgan fingerprint density at radius 3 is 2.36 bits per heavy atom. The molecular weight excluding hydrogens is 360 g/mol. The Kier molecular flexibility index (Phi) is 6.27. The lowest BCUT2D eigenvalue weighted by atomic mass is 10.0. The van der Waals surface area contributed by atoms with E-state index in [1.165, 1.54) is 0 Å². The van der Waals surface area contributed by atoms with Gasteiger partial charge in [0.05, 0.1) is 4.75 Å². The molecule has 0 aliphatic carbocycles. The number of nitrogens with one attached hydrogen (secondary N) is 1. The minimum Gasteiger partial charge on any atom is -0.340 e. The van der Waals surface area contributed by atoms with E-state index >= 15 is 0 Å². The van der Waals surface area contributed by atoms with Crippen molar-refractivity contribution in [3.8, 4) is 0 Å². The van der Waals surface area contributed by atoms with E-state index < -0.39 is 21.6 Å². The highest BCUT2D eigenvalue weighted by atomic mass is 35.5. The second-order valence-corrected chi connectivity index (χ2v) is 9.91. The van der Waals surface area contributed by atoms with Crippen LogP contribution in [0.2, 0.25) is 5.02 Å². The van der Waals surface area contributed by atoms with Crippen LogP contribution in [0.5, 0.6) is 0 Å². The van der Waals surface area contributed by atoms with Crippen LogP contribution in [0.3, 0.4) is 0 Å². The Bertz CT molecular complexity index is 673. The van der Waals surface area contributed by atoms with E-state index in [4.69, 9.17) is 11.6 Å². The number of carbonyl (C=O) groups excluding carboxylic acids is 2. The summed E-state index contributed by atoms with van der Waals surface area (Å²) in [7, 11) is -0.948. The fraction of sp³-hybridized carbons (Fsp3) is 0.556. The van der Waals surface area contributed by atoms with Crippen molar-refractivity contribution in [2.75, 3.05) is 18.8 Å². The van der Waals surface area contributed by atoms with Crippen LogP contribution < -0.4 is 5.32 Å². The topological polar surface area (TPSA) is 66.5 Å². The average Bonchev–Trinajstić information content (AvgIpc) is 2.54. The molecule has 1 aromatic rings. The number of benzene rings is 1. The Morgan fingerprint density at radius 2 is 1.84 bits per heavy atom. The van der Waals surface area contributed by atoms with Crippen LogP contribution in [0.4, 0.5) is 0 Å². The number of rotatable bonds is 4. The van der Waals surface area contributed by atoms with E-state index in [0.717, 1.165) is 0 Å². The van der Waals surface area contributed by atoms with E-state index in [1.54, 1.807) is 29.2 Å². The zero-order chi connectivity index (χ0) is 18.8. The zero-order valence-electron chi connectivity index (χ0n) is 15.0. The lowest BCUT2D eigenvalue weighted by Crippen LogP contribution is -2.58. The minimum absolute atomic E-state index is 0.0562. The van der Waals surface area contributed by atoms with Crippen LogP contribution in [0.1, 0.15) is 38.1 Å². The number of halogens is 1. The molecule has 2 amide bonds. The van der Waals surface area contributed by atoms with Gasteiger partial charge < -0.3 is 10.2 Å². The molecule has 1 saturated heterocycles. The van der Waals surface area contributed by atoms with Gasteiger partial charge in [-0.2, -0.15) is 0 Å². The number of hydrogen-bond donors (Lipinski definition) is 1. The van der Waals surface area contributed by atoms with E-state index in [9.17, 15) is 13.8 Å².